The number of β-amino-alcohol motifs (C(OH)–C–C–N with tert-alkyl or cyclic N) is 1. The Morgan fingerprint density at radius 3 is 2.73 bits per heavy atom. The maximum atomic E-state index is 12.5. The van der Waals surface area contributed by atoms with E-state index in [-0.39, 0.29) is 18.4 Å². The lowest BCUT2D eigenvalue weighted by Crippen LogP contribution is -2.46. The average molecular weight is 343 g/mol. The van der Waals surface area contributed by atoms with Gasteiger partial charge in [0.15, 0.2) is 0 Å². The van der Waals surface area contributed by atoms with Gasteiger partial charge in [-0.1, -0.05) is 23.2 Å². The van der Waals surface area contributed by atoms with Crippen molar-refractivity contribution >= 4 is 35.1 Å². The summed E-state index contributed by atoms with van der Waals surface area (Å²) in [7, 11) is 0. The lowest BCUT2D eigenvalue weighted by Gasteiger charge is -2.22. The van der Waals surface area contributed by atoms with E-state index in [1.807, 2.05) is 0 Å². The van der Waals surface area contributed by atoms with Gasteiger partial charge >= 0.3 is 6.03 Å². The van der Waals surface area contributed by atoms with Crippen molar-refractivity contribution in [2.45, 2.75) is 31.4 Å². The number of benzene rings is 1. The fourth-order valence-corrected chi connectivity index (χ4v) is 3.28. The molecule has 3 rings (SSSR count). The number of rotatable bonds is 4. The van der Waals surface area contributed by atoms with E-state index in [0.717, 1.165) is 17.7 Å². The minimum Gasteiger partial charge on any atom is -0.386 e. The van der Waals surface area contributed by atoms with Gasteiger partial charge in [0.25, 0.3) is 5.91 Å². The highest BCUT2D eigenvalue weighted by Gasteiger charge is 2.56. The molecule has 1 aliphatic carbocycles. The summed E-state index contributed by atoms with van der Waals surface area (Å²) in [6.07, 6.45) is 0.778. The number of nitrogens with one attached hydrogen (secondary N) is 1. The third-order valence-electron chi connectivity index (χ3n) is 4.37. The number of aliphatic hydroxyl groups is 1. The first-order valence-corrected chi connectivity index (χ1v) is 7.85. The minimum atomic E-state index is -1.08. The Morgan fingerprint density at radius 2 is 2.09 bits per heavy atom. The van der Waals surface area contributed by atoms with Crippen LogP contribution in [0.2, 0.25) is 10.0 Å². The van der Waals surface area contributed by atoms with Crippen LogP contribution in [-0.2, 0) is 4.79 Å². The molecule has 0 radical (unpaired) electrons. The third kappa shape index (κ3) is 2.57. The molecule has 1 saturated heterocycles. The van der Waals surface area contributed by atoms with E-state index in [0.29, 0.717) is 15.6 Å². The molecule has 1 aliphatic heterocycles. The molecular weight excluding hydrogens is 327 g/mol. The van der Waals surface area contributed by atoms with Crippen molar-refractivity contribution in [2.24, 2.45) is 5.92 Å². The van der Waals surface area contributed by atoms with Crippen LogP contribution in [0.3, 0.4) is 0 Å². The number of nitrogens with zero attached hydrogens (tertiary/aromatic N) is 1. The topological polar surface area (TPSA) is 69.6 Å². The second-order valence-electron chi connectivity index (χ2n) is 6.00. The zero-order chi connectivity index (χ0) is 16.1. The van der Waals surface area contributed by atoms with Crippen molar-refractivity contribution in [3.05, 3.63) is 33.8 Å². The van der Waals surface area contributed by atoms with Crippen LogP contribution in [0, 0.1) is 5.92 Å². The molecule has 2 unspecified atom stereocenters. The molecule has 0 spiro atoms. The summed E-state index contributed by atoms with van der Waals surface area (Å²) in [6.45, 7) is 1.59. The summed E-state index contributed by atoms with van der Waals surface area (Å²) in [5.41, 5.74) is -0.454. The molecule has 0 bridgehead atoms. The fraction of sp³-hybridized carbons (Fsp3) is 0.467. The van der Waals surface area contributed by atoms with E-state index < -0.39 is 17.7 Å². The van der Waals surface area contributed by atoms with Gasteiger partial charge in [-0.25, -0.2) is 4.79 Å². The SMILES string of the molecule is CC1(C2CC2)NC(=O)N(CC(O)c2cc(Cl)ccc2Cl)C1=O. The first-order chi connectivity index (χ1) is 10.3. The Kier molecular flexibility index (Phi) is 3.83. The number of aliphatic hydroxyl groups excluding tert-OH is 1. The largest absolute Gasteiger partial charge is 0.386 e. The maximum Gasteiger partial charge on any atom is 0.325 e. The summed E-state index contributed by atoms with van der Waals surface area (Å²) in [4.78, 5) is 25.6. The molecule has 0 aromatic heterocycles. The van der Waals surface area contributed by atoms with Crippen molar-refractivity contribution in [3.8, 4) is 0 Å². The second-order valence-corrected chi connectivity index (χ2v) is 6.85. The van der Waals surface area contributed by atoms with Gasteiger partial charge in [-0.15, -0.1) is 0 Å². The molecule has 2 N–H and O–H groups in total. The number of hydrogen-bond donors (Lipinski definition) is 2. The molecule has 2 aliphatic rings. The number of urea groups is 1. The molecule has 2 fully saturated rings. The van der Waals surface area contributed by atoms with E-state index in [2.05, 4.69) is 5.32 Å². The van der Waals surface area contributed by atoms with Gasteiger partial charge in [-0.3, -0.25) is 9.69 Å². The number of hydrogen-bond acceptors (Lipinski definition) is 3. The number of carbonyl (C=O) groups is 2. The van der Waals surface area contributed by atoms with E-state index >= 15 is 0 Å². The van der Waals surface area contributed by atoms with E-state index in [9.17, 15) is 14.7 Å². The second kappa shape index (κ2) is 5.41. The van der Waals surface area contributed by atoms with Crippen LogP contribution in [0.25, 0.3) is 0 Å². The highest BCUT2D eigenvalue weighted by atomic mass is 35.5. The maximum absolute atomic E-state index is 12.5. The summed E-state index contributed by atoms with van der Waals surface area (Å²) in [5.74, 6) is -0.113. The smallest absolute Gasteiger partial charge is 0.325 e. The van der Waals surface area contributed by atoms with Crippen LogP contribution < -0.4 is 5.32 Å². The first-order valence-electron chi connectivity index (χ1n) is 7.10. The summed E-state index contributed by atoms with van der Waals surface area (Å²) >= 11 is 11.9. The van der Waals surface area contributed by atoms with Crippen molar-refractivity contribution < 1.29 is 14.7 Å². The normalized spacial score (nSPS) is 26.3. The number of carbonyl (C=O) groups excluding carboxylic acids is 2. The van der Waals surface area contributed by atoms with Gasteiger partial charge in [-0.2, -0.15) is 0 Å². The summed E-state index contributed by atoms with van der Waals surface area (Å²) in [5, 5.41) is 13.8. The van der Waals surface area contributed by atoms with Crippen LogP contribution in [0.4, 0.5) is 4.79 Å². The molecule has 1 heterocycles. The quantitative estimate of drug-likeness (QED) is 0.826. The molecule has 118 valence electrons. The van der Waals surface area contributed by atoms with Gasteiger partial charge in [0.1, 0.15) is 5.54 Å². The van der Waals surface area contributed by atoms with Crippen molar-refractivity contribution in [1.82, 2.24) is 10.2 Å². The van der Waals surface area contributed by atoms with Gasteiger partial charge in [0.2, 0.25) is 0 Å². The predicted octanol–water partition coefficient (Wildman–Crippen LogP) is 2.75. The van der Waals surface area contributed by atoms with Crippen LogP contribution in [0.15, 0.2) is 18.2 Å². The average Bonchev–Trinajstić information content (AvgIpc) is 3.28. The van der Waals surface area contributed by atoms with E-state index in [1.165, 1.54) is 6.07 Å². The van der Waals surface area contributed by atoms with Crippen LogP contribution in [0.1, 0.15) is 31.4 Å². The van der Waals surface area contributed by atoms with Gasteiger partial charge in [0, 0.05) is 15.6 Å². The van der Waals surface area contributed by atoms with Crippen molar-refractivity contribution in [2.75, 3.05) is 6.54 Å². The molecule has 1 aromatic rings. The monoisotopic (exact) mass is 342 g/mol. The molecule has 1 saturated carbocycles. The standard InChI is InChI=1S/C15H16Cl2N2O3/c1-15(8-2-3-8)13(21)19(14(22)18-15)7-12(20)10-6-9(16)4-5-11(10)17/h4-6,8,12,20H,2-3,7H2,1H3,(H,18,22). The molecule has 7 heteroatoms. The van der Waals surface area contributed by atoms with E-state index in [4.69, 9.17) is 23.2 Å². The molecular formula is C15H16Cl2N2O3. The molecule has 3 amide bonds. The Balaban J connectivity index is 1.79. The Morgan fingerprint density at radius 1 is 1.41 bits per heavy atom. The van der Waals surface area contributed by atoms with Crippen LogP contribution in [-0.4, -0.2) is 34.0 Å². The van der Waals surface area contributed by atoms with Gasteiger partial charge in [0.05, 0.1) is 12.6 Å². The minimum absolute atomic E-state index is 0.146. The van der Waals surface area contributed by atoms with Crippen molar-refractivity contribution in [1.29, 1.82) is 0 Å². The molecule has 22 heavy (non-hydrogen) atoms. The highest BCUT2D eigenvalue weighted by Crippen LogP contribution is 2.43. The van der Waals surface area contributed by atoms with Gasteiger partial charge < -0.3 is 10.4 Å². The van der Waals surface area contributed by atoms with Crippen LogP contribution >= 0.6 is 23.2 Å². The lowest BCUT2D eigenvalue weighted by atomic mass is 9.96. The molecule has 2 atom stereocenters. The highest BCUT2D eigenvalue weighted by molar-refractivity contribution is 6.33. The molecule has 1 aromatic carbocycles. The zero-order valence-electron chi connectivity index (χ0n) is 12.0. The summed E-state index contributed by atoms with van der Waals surface area (Å²) < 4.78 is 0. The van der Waals surface area contributed by atoms with Crippen LogP contribution in [0.5, 0.6) is 0 Å². The number of amides is 3. The lowest BCUT2D eigenvalue weighted by molar-refractivity contribution is -0.132. The van der Waals surface area contributed by atoms with Crippen molar-refractivity contribution in [3.63, 3.8) is 0 Å². The first kappa shape index (κ1) is 15.6. The third-order valence-corrected chi connectivity index (χ3v) is 4.95. The predicted molar refractivity (Wildman–Crippen MR) is 82.8 cm³/mol. The van der Waals surface area contributed by atoms with E-state index in [1.54, 1.807) is 19.1 Å². The number of imide groups is 1. The zero-order valence-corrected chi connectivity index (χ0v) is 13.5. The Labute approximate surface area is 138 Å². The Hall–Kier alpha value is -1.30. The number of halogens is 2. The summed E-state index contributed by atoms with van der Waals surface area (Å²) in [6, 6.07) is 4.24. The molecule has 5 nitrogen and oxygen atoms in total. The Bertz CT molecular complexity index is 648. The van der Waals surface area contributed by atoms with Gasteiger partial charge in [-0.05, 0) is 43.9 Å². The fourth-order valence-electron chi connectivity index (χ4n) is 2.86.